The first-order chi connectivity index (χ1) is 13.6. The molecule has 2 aromatic rings. The lowest BCUT2D eigenvalue weighted by Gasteiger charge is -2.11. The minimum Gasteiger partial charge on any atom is -0.481 e. The topological polar surface area (TPSA) is 94.4 Å². The molecule has 0 saturated carbocycles. The molecule has 8 heteroatoms. The van der Waals surface area contributed by atoms with Gasteiger partial charge in [0.05, 0.1) is 37.0 Å². The number of allylic oxidation sites excluding steroid dienone is 5. The Balaban J connectivity index is 1.70. The molecule has 0 unspecified atom stereocenters. The molecule has 144 valence electrons. The summed E-state index contributed by atoms with van der Waals surface area (Å²) >= 11 is 0. The molecule has 0 aliphatic heterocycles. The average molecular weight is 383 g/mol. The minimum atomic E-state index is -0.956. The average Bonchev–Trinajstić information content (AvgIpc) is 2.71. The third-order valence-corrected chi connectivity index (χ3v) is 4.00. The van der Waals surface area contributed by atoms with E-state index in [0.717, 1.165) is 0 Å². The first-order valence-electron chi connectivity index (χ1n) is 8.51. The second kappa shape index (κ2) is 8.90. The Morgan fingerprint density at radius 3 is 2.96 bits per heavy atom. The Morgan fingerprint density at radius 1 is 1.36 bits per heavy atom. The summed E-state index contributed by atoms with van der Waals surface area (Å²) in [5, 5.41) is 8.71. The third-order valence-electron chi connectivity index (χ3n) is 4.00. The molecule has 3 rings (SSSR count). The number of aromatic nitrogens is 3. The smallest absolute Gasteiger partial charge is 0.303 e. The zero-order valence-corrected chi connectivity index (χ0v) is 15.1. The number of carboxylic acids is 1. The van der Waals surface area contributed by atoms with Crippen molar-refractivity contribution in [3.63, 3.8) is 0 Å². The number of aliphatic carboxylic acids is 1. The zero-order chi connectivity index (χ0) is 19.9. The van der Waals surface area contributed by atoms with Crippen LogP contribution in [0.15, 0.2) is 66.1 Å². The Kier molecular flexibility index (Phi) is 6.11. The van der Waals surface area contributed by atoms with Crippen molar-refractivity contribution in [2.75, 3.05) is 7.11 Å². The Labute approximate surface area is 160 Å². The van der Waals surface area contributed by atoms with Gasteiger partial charge in [0.25, 0.3) is 0 Å². The van der Waals surface area contributed by atoms with Crippen molar-refractivity contribution in [3.8, 4) is 23.0 Å². The van der Waals surface area contributed by atoms with E-state index in [2.05, 4.69) is 15.0 Å². The van der Waals surface area contributed by atoms with Gasteiger partial charge in [-0.25, -0.2) is 14.4 Å². The summed E-state index contributed by atoms with van der Waals surface area (Å²) in [6.07, 6.45) is 9.38. The molecule has 0 spiro atoms. The molecular weight excluding hydrogens is 365 g/mol. The van der Waals surface area contributed by atoms with Gasteiger partial charge in [-0.3, -0.25) is 9.78 Å². The molecule has 0 amide bonds. The third kappa shape index (κ3) is 4.79. The molecule has 7 nitrogen and oxygen atoms in total. The van der Waals surface area contributed by atoms with E-state index in [1.165, 1.54) is 19.6 Å². The standard InChI is InChI=1S/C20H18FN3O4/c1-27-20-15(3-2-8-23-20)17-10-22-11-18(24-17)28-12-13-4-5-14(16(21)9-13)6-7-19(25)26/h2-5,8,10-12H,6-7,9H2,1H3,(H,25,26). The van der Waals surface area contributed by atoms with Crippen LogP contribution in [0.4, 0.5) is 4.39 Å². The maximum absolute atomic E-state index is 14.1. The van der Waals surface area contributed by atoms with Crippen LogP contribution in [0.1, 0.15) is 19.3 Å². The molecule has 1 N–H and O–H groups in total. The summed E-state index contributed by atoms with van der Waals surface area (Å²) in [5.41, 5.74) is 2.19. The maximum atomic E-state index is 14.1. The van der Waals surface area contributed by atoms with Crippen LogP contribution in [0.25, 0.3) is 11.3 Å². The highest BCUT2D eigenvalue weighted by Gasteiger charge is 2.13. The van der Waals surface area contributed by atoms with E-state index in [1.54, 1.807) is 36.7 Å². The fourth-order valence-corrected chi connectivity index (χ4v) is 2.61. The normalized spacial score (nSPS) is 15.0. The van der Waals surface area contributed by atoms with Gasteiger partial charge in [-0.15, -0.1) is 0 Å². The fraction of sp³-hybridized carbons (Fsp3) is 0.200. The van der Waals surface area contributed by atoms with Crippen LogP contribution >= 0.6 is 0 Å². The van der Waals surface area contributed by atoms with Gasteiger partial charge in [-0.2, -0.15) is 0 Å². The van der Waals surface area contributed by atoms with Crippen molar-refractivity contribution in [2.45, 2.75) is 19.3 Å². The summed E-state index contributed by atoms with van der Waals surface area (Å²) in [7, 11) is 1.52. The first-order valence-corrected chi connectivity index (χ1v) is 8.51. The second-order valence-corrected chi connectivity index (χ2v) is 5.95. The number of nitrogens with zero attached hydrogens (tertiary/aromatic N) is 3. The van der Waals surface area contributed by atoms with Gasteiger partial charge in [0, 0.05) is 19.0 Å². The number of ether oxygens (including phenoxy) is 2. The van der Waals surface area contributed by atoms with Crippen molar-refractivity contribution in [2.24, 2.45) is 0 Å². The predicted molar refractivity (Wildman–Crippen MR) is 99.3 cm³/mol. The molecule has 0 fully saturated rings. The SMILES string of the molecule is COc1ncccc1-c1cncc(OC=C2C=CC(CCC(=O)O)=C(F)C2)n1. The van der Waals surface area contributed by atoms with Gasteiger partial charge in [-0.05, 0) is 29.7 Å². The number of methoxy groups -OCH3 is 1. The monoisotopic (exact) mass is 383 g/mol. The van der Waals surface area contributed by atoms with Gasteiger partial charge < -0.3 is 14.6 Å². The summed E-state index contributed by atoms with van der Waals surface area (Å²) in [4.78, 5) is 23.2. The van der Waals surface area contributed by atoms with Gasteiger partial charge in [0.2, 0.25) is 11.8 Å². The molecule has 1 aliphatic carbocycles. The van der Waals surface area contributed by atoms with Crippen LogP contribution in [0.5, 0.6) is 11.8 Å². The largest absolute Gasteiger partial charge is 0.481 e. The van der Waals surface area contributed by atoms with Crippen LogP contribution in [-0.4, -0.2) is 33.1 Å². The molecule has 0 bridgehead atoms. The Hall–Kier alpha value is -3.55. The maximum Gasteiger partial charge on any atom is 0.303 e. The van der Waals surface area contributed by atoms with E-state index < -0.39 is 5.97 Å². The summed E-state index contributed by atoms with van der Waals surface area (Å²) < 4.78 is 24.9. The Bertz CT molecular complexity index is 969. The summed E-state index contributed by atoms with van der Waals surface area (Å²) in [5.74, 6) is -0.658. The molecule has 0 radical (unpaired) electrons. The van der Waals surface area contributed by atoms with Crippen LogP contribution in [0.2, 0.25) is 0 Å². The lowest BCUT2D eigenvalue weighted by molar-refractivity contribution is -0.136. The van der Waals surface area contributed by atoms with E-state index in [4.69, 9.17) is 14.6 Å². The molecule has 0 saturated heterocycles. The molecule has 1 aliphatic rings. The number of hydrogen-bond donors (Lipinski definition) is 1. The Morgan fingerprint density at radius 2 is 2.21 bits per heavy atom. The van der Waals surface area contributed by atoms with Crippen molar-refractivity contribution < 1.29 is 23.8 Å². The molecule has 0 atom stereocenters. The number of rotatable bonds is 7. The van der Waals surface area contributed by atoms with Gasteiger partial charge in [0.15, 0.2) is 0 Å². The van der Waals surface area contributed by atoms with Crippen molar-refractivity contribution in [1.29, 1.82) is 0 Å². The van der Waals surface area contributed by atoms with E-state index in [1.807, 2.05) is 0 Å². The zero-order valence-electron chi connectivity index (χ0n) is 15.1. The fourth-order valence-electron chi connectivity index (χ4n) is 2.61. The minimum absolute atomic E-state index is 0.0367. The van der Waals surface area contributed by atoms with Crippen molar-refractivity contribution in [1.82, 2.24) is 15.0 Å². The lowest BCUT2D eigenvalue weighted by atomic mass is 9.99. The predicted octanol–water partition coefficient (Wildman–Crippen LogP) is 3.86. The lowest BCUT2D eigenvalue weighted by Crippen LogP contribution is -2.00. The van der Waals surface area contributed by atoms with Crippen LogP contribution in [0, 0.1) is 0 Å². The first kappa shape index (κ1) is 19.2. The number of hydrogen-bond acceptors (Lipinski definition) is 6. The number of carboxylic acid groups (broad SMARTS) is 1. The van der Waals surface area contributed by atoms with Crippen molar-refractivity contribution in [3.05, 3.63) is 66.1 Å². The van der Waals surface area contributed by atoms with Crippen LogP contribution in [0.3, 0.4) is 0 Å². The van der Waals surface area contributed by atoms with E-state index >= 15 is 0 Å². The molecule has 2 aromatic heterocycles. The number of carbonyl (C=O) groups is 1. The molecule has 0 aromatic carbocycles. The van der Waals surface area contributed by atoms with Gasteiger partial charge >= 0.3 is 5.97 Å². The van der Waals surface area contributed by atoms with Gasteiger partial charge in [-0.1, -0.05) is 12.2 Å². The molecular formula is C20H18FN3O4. The summed E-state index contributed by atoms with van der Waals surface area (Å²) in [6.45, 7) is 0. The number of pyridine rings is 1. The molecule has 2 heterocycles. The van der Waals surface area contributed by atoms with Crippen LogP contribution < -0.4 is 9.47 Å². The number of halogens is 1. The summed E-state index contributed by atoms with van der Waals surface area (Å²) in [6, 6.07) is 3.57. The van der Waals surface area contributed by atoms with Gasteiger partial charge in [0.1, 0.15) is 5.83 Å². The quantitative estimate of drug-likeness (QED) is 0.726. The second-order valence-electron chi connectivity index (χ2n) is 5.95. The highest BCUT2D eigenvalue weighted by atomic mass is 19.1. The molecule has 28 heavy (non-hydrogen) atoms. The van der Waals surface area contributed by atoms with Crippen molar-refractivity contribution >= 4 is 5.97 Å². The van der Waals surface area contributed by atoms with E-state index in [0.29, 0.717) is 28.3 Å². The van der Waals surface area contributed by atoms with E-state index in [9.17, 15) is 9.18 Å². The highest BCUT2D eigenvalue weighted by Crippen LogP contribution is 2.28. The van der Waals surface area contributed by atoms with E-state index in [-0.39, 0.29) is 31.0 Å². The highest BCUT2D eigenvalue weighted by molar-refractivity contribution is 5.67. The van der Waals surface area contributed by atoms with Crippen LogP contribution in [-0.2, 0) is 4.79 Å².